The third kappa shape index (κ3) is 5.06. The number of hydrogen-bond donors (Lipinski definition) is 0. The molecular weight excluding hydrogens is 366 g/mol. The van der Waals surface area contributed by atoms with Gasteiger partial charge in [-0.1, -0.05) is 32.9 Å². The van der Waals surface area contributed by atoms with Gasteiger partial charge in [-0.25, -0.2) is 4.98 Å². The van der Waals surface area contributed by atoms with Crippen molar-refractivity contribution in [1.29, 1.82) is 0 Å². The SMILES string of the molecule is Cc1csc(CN2CCN(C(=O)c3ccc(C(C)(C)C)cc3)CC2)n1.Cl. The van der Waals surface area contributed by atoms with E-state index >= 15 is 0 Å². The fourth-order valence-corrected chi connectivity index (χ4v) is 3.88. The van der Waals surface area contributed by atoms with Crippen molar-refractivity contribution < 1.29 is 4.79 Å². The first-order valence-electron chi connectivity index (χ1n) is 8.86. The first kappa shape index (κ1) is 20.9. The highest BCUT2D eigenvalue weighted by molar-refractivity contribution is 7.09. The van der Waals surface area contributed by atoms with Crippen LogP contribution in [0.15, 0.2) is 29.6 Å². The van der Waals surface area contributed by atoms with Gasteiger partial charge >= 0.3 is 0 Å². The summed E-state index contributed by atoms with van der Waals surface area (Å²) in [5.41, 5.74) is 3.25. The van der Waals surface area contributed by atoms with Gasteiger partial charge in [-0.2, -0.15) is 0 Å². The van der Waals surface area contributed by atoms with Crippen LogP contribution in [0, 0.1) is 6.92 Å². The predicted octanol–water partition coefficient (Wildman–Crippen LogP) is 4.13. The molecule has 0 N–H and O–H groups in total. The van der Waals surface area contributed by atoms with Gasteiger partial charge in [0.25, 0.3) is 5.91 Å². The van der Waals surface area contributed by atoms with Crippen molar-refractivity contribution in [3.63, 3.8) is 0 Å². The fourth-order valence-electron chi connectivity index (χ4n) is 3.07. The van der Waals surface area contributed by atoms with Crippen LogP contribution in [0.2, 0.25) is 0 Å². The number of thiazole rings is 1. The molecular formula is C20H28ClN3OS. The lowest BCUT2D eigenvalue weighted by Gasteiger charge is -2.34. The highest BCUT2D eigenvalue weighted by Crippen LogP contribution is 2.23. The molecule has 2 heterocycles. The standard InChI is InChI=1S/C20H27N3OS.ClH/c1-15-14-25-18(21-15)13-22-9-11-23(12-10-22)19(24)16-5-7-17(8-6-16)20(2,3)4;/h5-8,14H,9-13H2,1-4H3;1H. The van der Waals surface area contributed by atoms with Gasteiger partial charge in [0.1, 0.15) is 5.01 Å². The van der Waals surface area contributed by atoms with Crippen molar-refractivity contribution in [3.05, 3.63) is 51.5 Å². The van der Waals surface area contributed by atoms with Crippen LogP contribution >= 0.6 is 23.7 Å². The van der Waals surface area contributed by atoms with Gasteiger partial charge in [0.05, 0.1) is 6.54 Å². The normalized spacial score (nSPS) is 15.6. The maximum atomic E-state index is 12.7. The van der Waals surface area contributed by atoms with Crippen LogP contribution in [-0.4, -0.2) is 46.9 Å². The van der Waals surface area contributed by atoms with Crippen molar-refractivity contribution in [2.45, 2.75) is 39.7 Å². The quantitative estimate of drug-likeness (QED) is 0.786. The highest BCUT2D eigenvalue weighted by atomic mass is 35.5. The average molecular weight is 394 g/mol. The number of nitrogens with zero attached hydrogens (tertiary/aromatic N) is 3. The van der Waals surface area contributed by atoms with Crippen LogP contribution in [0.3, 0.4) is 0 Å². The largest absolute Gasteiger partial charge is 0.336 e. The number of piperazine rings is 1. The van der Waals surface area contributed by atoms with E-state index in [9.17, 15) is 4.79 Å². The molecule has 1 aliphatic rings. The summed E-state index contributed by atoms with van der Waals surface area (Å²) in [4.78, 5) is 21.6. The molecule has 1 amide bonds. The van der Waals surface area contributed by atoms with Gasteiger partial charge in [-0.15, -0.1) is 23.7 Å². The second-order valence-electron chi connectivity index (χ2n) is 7.78. The Bertz CT molecular complexity index is 728. The Balaban J connectivity index is 0.00000243. The Morgan fingerprint density at radius 2 is 1.73 bits per heavy atom. The molecule has 1 fully saturated rings. The van der Waals surface area contributed by atoms with E-state index in [1.165, 1.54) is 5.56 Å². The molecule has 3 rings (SSSR count). The molecule has 0 radical (unpaired) electrons. The first-order valence-corrected chi connectivity index (χ1v) is 9.74. The van der Waals surface area contributed by atoms with Crippen molar-refractivity contribution in [3.8, 4) is 0 Å². The lowest BCUT2D eigenvalue weighted by Crippen LogP contribution is -2.48. The summed E-state index contributed by atoms with van der Waals surface area (Å²) in [5.74, 6) is 0.144. The summed E-state index contributed by atoms with van der Waals surface area (Å²) in [6.45, 7) is 12.9. The number of rotatable bonds is 3. The molecule has 0 unspecified atom stereocenters. The zero-order valence-corrected chi connectivity index (χ0v) is 17.6. The molecule has 0 aliphatic carbocycles. The van der Waals surface area contributed by atoms with Gasteiger partial charge in [-0.3, -0.25) is 9.69 Å². The number of hydrogen-bond acceptors (Lipinski definition) is 4. The minimum atomic E-state index is 0. The third-order valence-corrected chi connectivity index (χ3v) is 5.63. The van der Waals surface area contributed by atoms with E-state index < -0.39 is 0 Å². The number of halogens is 1. The molecule has 0 bridgehead atoms. The van der Waals surface area contributed by atoms with E-state index in [0.717, 1.165) is 49.0 Å². The van der Waals surface area contributed by atoms with E-state index in [0.29, 0.717) is 0 Å². The zero-order chi connectivity index (χ0) is 18.0. The van der Waals surface area contributed by atoms with Crippen LogP contribution in [0.25, 0.3) is 0 Å². The first-order chi connectivity index (χ1) is 11.8. The van der Waals surface area contributed by atoms with Crippen LogP contribution in [0.5, 0.6) is 0 Å². The molecule has 2 aromatic rings. The van der Waals surface area contributed by atoms with Gasteiger partial charge in [0, 0.05) is 42.8 Å². The molecule has 1 aromatic heterocycles. The van der Waals surface area contributed by atoms with Crippen LogP contribution in [0.1, 0.15) is 47.4 Å². The van der Waals surface area contributed by atoms with Crippen molar-refractivity contribution in [2.24, 2.45) is 0 Å². The fraction of sp³-hybridized carbons (Fsp3) is 0.500. The van der Waals surface area contributed by atoms with Crippen molar-refractivity contribution in [2.75, 3.05) is 26.2 Å². The Morgan fingerprint density at radius 3 is 2.23 bits per heavy atom. The monoisotopic (exact) mass is 393 g/mol. The Labute approximate surface area is 166 Å². The summed E-state index contributed by atoms with van der Waals surface area (Å²) >= 11 is 1.72. The van der Waals surface area contributed by atoms with E-state index in [1.807, 2.05) is 24.0 Å². The number of aromatic nitrogens is 1. The molecule has 4 nitrogen and oxygen atoms in total. The number of carbonyl (C=O) groups excluding carboxylic acids is 1. The minimum absolute atomic E-state index is 0. The Kier molecular flexibility index (Phi) is 6.83. The van der Waals surface area contributed by atoms with Gasteiger partial charge in [-0.05, 0) is 30.0 Å². The smallest absolute Gasteiger partial charge is 0.253 e. The Hall–Kier alpha value is -1.43. The summed E-state index contributed by atoms with van der Waals surface area (Å²) in [6.07, 6.45) is 0. The van der Waals surface area contributed by atoms with Crippen LogP contribution in [-0.2, 0) is 12.0 Å². The second kappa shape index (κ2) is 8.51. The molecule has 142 valence electrons. The number of carbonyl (C=O) groups is 1. The van der Waals surface area contributed by atoms with E-state index in [2.05, 4.69) is 48.2 Å². The zero-order valence-electron chi connectivity index (χ0n) is 16.0. The lowest BCUT2D eigenvalue weighted by molar-refractivity contribution is 0.0628. The van der Waals surface area contributed by atoms with E-state index in [1.54, 1.807) is 11.3 Å². The van der Waals surface area contributed by atoms with E-state index in [4.69, 9.17) is 0 Å². The van der Waals surface area contributed by atoms with Gasteiger partial charge in [0.2, 0.25) is 0 Å². The van der Waals surface area contributed by atoms with Crippen LogP contribution in [0.4, 0.5) is 0 Å². The summed E-state index contributed by atoms with van der Waals surface area (Å²) in [6, 6.07) is 8.09. The maximum absolute atomic E-state index is 12.7. The molecule has 0 saturated carbocycles. The number of benzene rings is 1. The van der Waals surface area contributed by atoms with Crippen molar-refractivity contribution >= 4 is 29.7 Å². The molecule has 1 aliphatic heterocycles. The van der Waals surface area contributed by atoms with Crippen molar-refractivity contribution in [1.82, 2.24) is 14.8 Å². The minimum Gasteiger partial charge on any atom is -0.336 e. The van der Waals surface area contributed by atoms with Gasteiger partial charge < -0.3 is 4.90 Å². The summed E-state index contributed by atoms with van der Waals surface area (Å²) < 4.78 is 0. The predicted molar refractivity (Wildman–Crippen MR) is 110 cm³/mol. The topological polar surface area (TPSA) is 36.4 Å². The molecule has 0 atom stereocenters. The number of amides is 1. The van der Waals surface area contributed by atoms with Crippen LogP contribution < -0.4 is 0 Å². The maximum Gasteiger partial charge on any atom is 0.253 e. The summed E-state index contributed by atoms with van der Waals surface area (Å²) in [5, 5.41) is 3.26. The third-order valence-electron chi connectivity index (χ3n) is 4.68. The highest BCUT2D eigenvalue weighted by Gasteiger charge is 2.23. The second-order valence-corrected chi connectivity index (χ2v) is 8.72. The average Bonchev–Trinajstić information content (AvgIpc) is 2.99. The summed E-state index contributed by atoms with van der Waals surface area (Å²) in [7, 11) is 0. The molecule has 26 heavy (non-hydrogen) atoms. The lowest BCUT2D eigenvalue weighted by atomic mass is 9.86. The van der Waals surface area contributed by atoms with Gasteiger partial charge in [0.15, 0.2) is 0 Å². The molecule has 0 spiro atoms. The number of aryl methyl sites for hydroxylation is 1. The molecule has 6 heteroatoms. The molecule has 1 aromatic carbocycles. The Morgan fingerprint density at radius 1 is 1.12 bits per heavy atom. The molecule has 1 saturated heterocycles. The van der Waals surface area contributed by atoms with E-state index in [-0.39, 0.29) is 23.7 Å².